The Kier molecular flexibility index (Phi) is 5.70. The Bertz CT molecular complexity index is 698. The molecule has 0 aliphatic carbocycles. The molecule has 0 radical (unpaired) electrons. The molecule has 120 valence electrons. The summed E-state index contributed by atoms with van der Waals surface area (Å²) in [5.41, 5.74) is -3.25. The van der Waals surface area contributed by atoms with Crippen LogP contribution in [0.15, 0.2) is 54.6 Å². The van der Waals surface area contributed by atoms with Crippen LogP contribution >= 0.6 is 0 Å². The summed E-state index contributed by atoms with van der Waals surface area (Å²) in [5.74, 6) is 0. The van der Waals surface area contributed by atoms with Crippen molar-refractivity contribution in [3.63, 3.8) is 0 Å². The average molecular weight is 333 g/mol. The fraction of sp³-hybridized carbons (Fsp3) is 0.143. The molecule has 0 saturated heterocycles. The maximum absolute atomic E-state index is 12.1. The first-order valence-electron chi connectivity index (χ1n) is 5.90. The number of benzene rings is 2. The molecule has 3 N–H and O–H groups in total. The summed E-state index contributed by atoms with van der Waals surface area (Å²) in [5, 5.41) is 0. The van der Waals surface area contributed by atoms with E-state index in [1.165, 1.54) is 12.1 Å². The van der Waals surface area contributed by atoms with Gasteiger partial charge in [0.25, 0.3) is 0 Å². The minimum atomic E-state index is -5.56. The Labute approximate surface area is 126 Å². The summed E-state index contributed by atoms with van der Waals surface area (Å²) in [6.45, 7) is -0.656. The summed E-state index contributed by atoms with van der Waals surface area (Å²) in [4.78, 5) is 0. The second-order valence-electron chi connectivity index (χ2n) is 4.23. The van der Waals surface area contributed by atoms with Gasteiger partial charge in [0.05, 0.1) is 6.61 Å². The van der Waals surface area contributed by atoms with Gasteiger partial charge in [-0.15, -0.1) is 0 Å². The number of hydrogen-bond donors (Lipinski definition) is 1. The van der Waals surface area contributed by atoms with Gasteiger partial charge >= 0.3 is 15.6 Å². The molecule has 0 atom stereocenters. The third-order valence-electron chi connectivity index (χ3n) is 2.73. The summed E-state index contributed by atoms with van der Waals surface area (Å²) in [7, 11) is -5.56. The molecule has 0 aromatic heterocycles. The predicted octanol–water partition coefficient (Wildman–Crippen LogP) is 3.88. The molecule has 0 saturated carbocycles. The van der Waals surface area contributed by atoms with Crippen molar-refractivity contribution in [3.8, 4) is 11.1 Å². The van der Waals surface area contributed by atoms with Gasteiger partial charge in [0.1, 0.15) is 0 Å². The number of alkyl halides is 3. The molecule has 0 unspecified atom stereocenters. The van der Waals surface area contributed by atoms with E-state index in [1.54, 1.807) is 12.1 Å². The summed E-state index contributed by atoms with van der Waals surface area (Å²) in [6.07, 6.45) is 0. The molecule has 0 spiro atoms. The molecule has 0 bridgehead atoms. The smallest absolute Gasteiger partial charge is 0.344 e. The van der Waals surface area contributed by atoms with Crippen LogP contribution in [0.1, 0.15) is 5.56 Å². The number of rotatable bonds is 4. The molecule has 0 heterocycles. The van der Waals surface area contributed by atoms with E-state index in [-0.39, 0.29) is 6.15 Å². The van der Waals surface area contributed by atoms with Crippen LogP contribution in [0.5, 0.6) is 0 Å². The third kappa shape index (κ3) is 4.30. The van der Waals surface area contributed by atoms with Gasteiger partial charge in [-0.2, -0.15) is 21.6 Å². The Morgan fingerprint density at radius 1 is 0.864 bits per heavy atom. The molecule has 8 heteroatoms. The summed E-state index contributed by atoms with van der Waals surface area (Å²) in [6, 6.07) is 15.8. The summed E-state index contributed by atoms with van der Waals surface area (Å²) < 4.78 is 61.8. The maximum Gasteiger partial charge on any atom is 0.523 e. The largest absolute Gasteiger partial charge is 0.523 e. The SMILES string of the molecule is N.O=S(=O)(OCc1ccc(-c2ccccc2)cc1)C(F)(F)F. The zero-order valence-corrected chi connectivity index (χ0v) is 12.2. The van der Waals surface area contributed by atoms with E-state index in [4.69, 9.17) is 0 Å². The van der Waals surface area contributed by atoms with Crippen molar-refractivity contribution < 1.29 is 25.8 Å². The zero-order valence-electron chi connectivity index (χ0n) is 11.4. The first-order valence-corrected chi connectivity index (χ1v) is 7.30. The van der Waals surface area contributed by atoms with E-state index in [1.807, 2.05) is 30.3 Å². The fourth-order valence-electron chi connectivity index (χ4n) is 1.64. The lowest BCUT2D eigenvalue weighted by Gasteiger charge is -2.08. The first kappa shape index (κ1) is 18.1. The molecule has 2 aromatic carbocycles. The molecule has 0 amide bonds. The van der Waals surface area contributed by atoms with Crippen molar-refractivity contribution in [1.29, 1.82) is 0 Å². The van der Waals surface area contributed by atoms with Crippen molar-refractivity contribution in [1.82, 2.24) is 6.15 Å². The predicted molar refractivity (Wildman–Crippen MR) is 76.7 cm³/mol. The minimum absolute atomic E-state index is 0. The van der Waals surface area contributed by atoms with Gasteiger partial charge in [-0.05, 0) is 16.7 Å². The molecule has 0 fully saturated rings. The Hall–Kier alpha value is -1.90. The van der Waals surface area contributed by atoms with Gasteiger partial charge in [-0.25, -0.2) is 0 Å². The Morgan fingerprint density at radius 3 is 1.86 bits per heavy atom. The monoisotopic (exact) mass is 333 g/mol. The van der Waals surface area contributed by atoms with Gasteiger partial charge in [0.15, 0.2) is 0 Å². The van der Waals surface area contributed by atoms with Crippen LogP contribution in [0.4, 0.5) is 13.2 Å². The topological polar surface area (TPSA) is 78.4 Å². The molecule has 2 rings (SSSR count). The van der Waals surface area contributed by atoms with Crippen LogP contribution in [-0.4, -0.2) is 13.9 Å². The highest BCUT2D eigenvalue weighted by Gasteiger charge is 2.47. The molecule has 0 aliphatic heterocycles. The molecule has 0 aliphatic rings. The van der Waals surface area contributed by atoms with Crippen LogP contribution in [0.25, 0.3) is 11.1 Å². The van der Waals surface area contributed by atoms with E-state index < -0.39 is 22.2 Å². The molecule has 22 heavy (non-hydrogen) atoms. The summed E-state index contributed by atoms with van der Waals surface area (Å²) >= 11 is 0. The van der Waals surface area contributed by atoms with Gasteiger partial charge < -0.3 is 6.15 Å². The molecule has 2 aromatic rings. The first-order chi connectivity index (χ1) is 9.79. The lowest BCUT2D eigenvalue weighted by Crippen LogP contribution is -2.25. The van der Waals surface area contributed by atoms with Gasteiger partial charge in [0, 0.05) is 0 Å². The van der Waals surface area contributed by atoms with Crippen LogP contribution in [-0.2, 0) is 20.9 Å². The van der Waals surface area contributed by atoms with E-state index in [2.05, 4.69) is 4.18 Å². The normalized spacial score (nSPS) is 11.8. The Morgan fingerprint density at radius 2 is 1.36 bits per heavy atom. The van der Waals surface area contributed by atoms with Gasteiger partial charge in [0.2, 0.25) is 0 Å². The van der Waals surface area contributed by atoms with Crippen molar-refractivity contribution in [3.05, 3.63) is 60.2 Å². The van der Waals surface area contributed by atoms with Gasteiger partial charge in [-0.3, -0.25) is 4.18 Å². The second-order valence-corrected chi connectivity index (χ2v) is 5.83. The van der Waals surface area contributed by atoms with Crippen molar-refractivity contribution in [2.45, 2.75) is 12.1 Å². The van der Waals surface area contributed by atoms with E-state index in [9.17, 15) is 21.6 Å². The highest BCUT2D eigenvalue weighted by Crippen LogP contribution is 2.26. The van der Waals surface area contributed by atoms with E-state index >= 15 is 0 Å². The fourth-order valence-corrected chi connectivity index (χ4v) is 2.06. The van der Waals surface area contributed by atoms with Crippen molar-refractivity contribution >= 4 is 10.1 Å². The number of halogens is 3. The zero-order chi connectivity index (χ0) is 15.5. The quantitative estimate of drug-likeness (QED) is 0.680. The van der Waals surface area contributed by atoms with E-state index in [0.717, 1.165) is 11.1 Å². The van der Waals surface area contributed by atoms with Crippen LogP contribution < -0.4 is 6.15 Å². The average Bonchev–Trinajstić information content (AvgIpc) is 2.45. The van der Waals surface area contributed by atoms with Crippen molar-refractivity contribution in [2.24, 2.45) is 0 Å². The highest BCUT2D eigenvalue weighted by molar-refractivity contribution is 7.87. The van der Waals surface area contributed by atoms with Gasteiger partial charge in [-0.1, -0.05) is 54.6 Å². The number of hydrogen-bond acceptors (Lipinski definition) is 4. The standard InChI is InChI=1S/C14H11F3O3S.H3N/c15-14(16,17)21(18,19)20-10-11-6-8-13(9-7-11)12-4-2-1-3-5-12;/h1-9H,10H2;1H3. The highest BCUT2D eigenvalue weighted by atomic mass is 32.2. The van der Waals surface area contributed by atoms with E-state index in [0.29, 0.717) is 5.56 Å². The lowest BCUT2D eigenvalue weighted by atomic mass is 10.0. The molecule has 4 nitrogen and oxygen atoms in total. The second kappa shape index (κ2) is 6.91. The van der Waals surface area contributed by atoms with Crippen LogP contribution in [0.3, 0.4) is 0 Å². The minimum Gasteiger partial charge on any atom is -0.344 e. The van der Waals surface area contributed by atoms with Crippen molar-refractivity contribution in [2.75, 3.05) is 0 Å². The molecular formula is C14H14F3NO3S. The van der Waals surface area contributed by atoms with Crippen LogP contribution in [0, 0.1) is 0 Å². The maximum atomic E-state index is 12.1. The molecular weight excluding hydrogens is 319 g/mol. The lowest BCUT2D eigenvalue weighted by molar-refractivity contribution is -0.0547. The third-order valence-corrected chi connectivity index (χ3v) is 3.72. The Balaban J connectivity index is 0.00000242. The van der Waals surface area contributed by atoms with Crippen LogP contribution in [0.2, 0.25) is 0 Å².